The van der Waals surface area contributed by atoms with Gasteiger partial charge in [-0.3, -0.25) is 14.4 Å². The third-order valence-electron chi connectivity index (χ3n) is 7.09. The van der Waals surface area contributed by atoms with Gasteiger partial charge in [0.1, 0.15) is 6.04 Å². The number of carbonyl (C=O) groups excluding carboxylic acids is 3. The number of hydrogen-bond donors (Lipinski definition) is 0. The second-order valence-corrected chi connectivity index (χ2v) is 8.98. The van der Waals surface area contributed by atoms with Crippen LogP contribution in [0.25, 0.3) is 6.08 Å². The summed E-state index contributed by atoms with van der Waals surface area (Å²) >= 11 is 0. The number of furan rings is 1. The quantitative estimate of drug-likeness (QED) is 0.451. The van der Waals surface area contributed by atoms with Crippen LogP contribution in [0, 0.1) is 25.7 Å². The predicted molar refractivity (Wildman–Crippen MR) is 122 cm³/mol. The largest absolute Gasteiger partial charge is 0.461 e. The highest BCUT2D eigenvalue weighted by Gasteiger charge is 2.64. The molecule has 164 valence electrons. The predicted octanol–water partition coefficient (Wildman–Crippen LogP) is 4.29. The van der Waals surface area contributed by atoms with Crippen LogP contribution in [-0.4, -0.2) is 28.5 Å². The van der Waals surface area contributed by atoms with Gasteiger partial charge in [0, 0.05) is 6.20 Å². The molecule has 4 heterocycles. The fraction of sp³-hybridized carbons (Fsp3) is 0.222. The number of carbonyl (C=O) groups is 3. The van der Waals surface area contributed by atoms with Crippen LogP contribution in [-0.2, 0) is 9.59 Å². The first-order chi connectivity index (χ1) is 16.0. The van der Waals surface area contributed by atoms with Crippen molar-refractivity contribution in [2.45, 2.75) is 25.9 Å². The van der Waals surface area contributed by atoms with Gasteiger partial charge >= 0.3 is 0 Å². The molecule has 33 heavy (non-hydrogen) atoms. The molecule has 6 nitrogen and oxygen atoms in total. The fourth-order valence-corrected chi connectivity index (χ4v) is 5.72. The average molecular weight is 438 g/mol. The number of ketones is 1. The molecule has 6 rings (SSSR count). The van der Waals surface area contributed by atoms with E-state index in [1.165, 1.54) is 11.2 Å². The Hall–Kier alpha value is -3.93. The first-order valence-electron chi connectivity index (χ1n) is 11.0. The molecule has 0 N–H and O–H groups in total. The maximum absolute atomic E-state index is 13.9. The maximum Gasteiger partial charge on any atom is 0.240 e. The van der Waals surface area contributed by atoms with E-state index in [4.69, 9.17) is 4.42 Å². The third kappa shape index (κ3) is 2.70. The van der Waals surface area contributed by atoms with E-state index in [0.29, 0.717) is 5.69 Å². The summed E-state index contributed by atoms with van der Waals surface area (Å²) in [5.41, 5.74) is 4.44. The lowest BCUT2D eigenvalue weighted by atomic mass is 9.84. The number of fused-ring (bicyclic) bond motifs is 5. The van der Waals surface area contributed by atoms with E-state index in [-0.39, 0.29) is 23.4 Å². The van der Waals surface area contributed by atoms with Gasteiger partial charge in [-0.2, -0.15) is 0 Å². The lowest BCUT2D eigenvalue weighted by Gasteiger charge is -2.35. The SMILES string of the molecule is Cc1ccc(N2C(=O)[C@@H]3[C@H](C2=O)[C@H]2c4ccccc4C=CN2[C@H]3C(=O)c2ccco2)c(C)c1. The van der Waals surface area contributed by atoms with Crippen molar-refractivity contribution < 1.29 is 18.8 Å². The monoisotopic (exact) mass is 438 g/mol. The number of nitrogens with zero attached hydrogens (tertiary/aromatic N) is 2. The number of hydrogen-bond acceptors (Lipinski definition) is 5. The summed E-state index contributed by atoms with van der Waals surface area (Å²) in [4.78, 5) is 44.5. The van der Waals surface area contributed by atoms with Crippen LogP contribution in [0.2, 0.25) is 0 Å². The van der Waals surface area contributed by atoms with Crippen LogP contribution in [0.4, 0.5) is 5.69 Å². The molecule has 0 saturated carbocycles. The number of benzene rings is 2. The van der Waals surface area contributed by atoms with Crippen molar-refractivity contribution in [1.29, 1.82) is 0 Å². The van der Waals surface area contributed by atoms with Gasteiger partial charge in [0.15, 0.2) is 5.76 Å². The molecule has 3 aliphatic rings. The van der Waals surface area contributed by atoms with Gasteiger partial charge in [0.05, 0.1) is 29.8 Å². The van der Waals surface area contributed by atoms with Gasteiger partial charge in [-0.15, -0.1) is 0 Å². The Balaban J connectivity index is 1.51. The standard InChI is InChI=1S/C27H22N2O4/c1-15-9-10-19(16(2)14-15)29-26(31)21-22(27(29)32)24(25(30)20-8-5-13-33-20)28-12-11-17-6-3-4-7-18(17)23(21)28/h3-14,21-24H,1-2H3/t21-,22+,23+,24+/m0/s1. The molecule has 2 amide bonds. The molecule has 2 saturated heterocycles. The summed E-state index contributed by atoms with van der Waals surface area (Å²) < 4.78 is 5.40. The van der Waals surface area contributed by atoms with Crippen molar-refractivity contribution in [3.8, 4) is 0 Å². The zero-order chi connectivity index (χ0) is 22.9. The molecule has 3 aromatic rings. The minimum absolute atomic E-state index is 0.192. The van der Waals surface area contributed by atoms with Crippen molar-refractivity contribution in [2.75, 3.05) is 4.90 Å². The molecule has 0 aliphatic carbocycles. The average Bonchev–Trinajstić information content (AvgIpc) is 3.51. The Labute approximate surface area is 191 Å². The van der Waals surface area contributed by atoms with Gasteiger partial charge in [-0.1, -0.05) is 42.0 Å². The number of amides is 2. The second-order valence-electron chi connectivity index (χ2n) is 8.98. The zero-order valence-corrected chi connectivity index (χ0v) is 18.3. The van der Waals surface area contributed by atoms with Gasteiger partial charge < -0.3 is 9.32 Å². The number of imide groups is 1. The Kier molecular flexibility index (Phi) is 4.21. The smallest absolute Gasteiger partial charge is 0.240 e. The van der Waals surface area contributed by atoms with Gasteiger partial charge in [-0.05, 0) is 54.8 Å². The van der Waals surface area contributed by atoms with Crippen molar-refractivity contribution in [3.63, 3.8) is 0 Å². The van der Waals surface area contributed by atoms with Gasteiger partial charge in [0.25, 0.3) is 0 Å². The van der Waals surface area contributed by atoms with Crippen LogP contribution in [0.5, 0.6) is 0 Å². The second kappa shape index (κ2) is 7.04. The Bertz CT molecular complexity index is 1340. The maximum atomic E-state index is 13.9. The highest BCUT2D eigenvalue weighted by atomic mass is 16.3. The molecule has 6 heteroatoms. The number of rotatable bonds is 3. The van der Waals surface area contributed by atoms with E-state index >= 15 is 0 Å². The molecule has 0 radical (unpaired) electrons. The van der Waals surface area contributed by atoms with E-state index < -0.39 is 23.9 Å². The summed E-state index contributed by atoms with van der Waals surface area (Å²) in [6.45, 7) is 3.87. The lowest BCUT2D eigenvalue weighted by Crippen LogP contribution is -2.44. The van der Waals surface area contributed by atoms with E-state index in [1.807, 2.05) is 73.5 Å². The van der Waals surface area contributed by atoms with Crippen LogP contribution in [0.15, 0.2) is 71.5 Å². The molecule has 0 spiro atoms. The molecular formula is C27H22N2O4. The first-order valence-corrected chi connectivity index (χ1v) is 11.0. The zero-order valence-electron chi connectivity index (χ0n) is 18.3. The summed E-state index contributed by atoms with van der Waals surface area (Å²) in [5.74, 6) is -2.14. The molecular weight excluding hydrogens is 416 g/mol. The van der Waals surface area contributed by atoms with Crippen molar-refractivity contribution in [1.82, 2.24) is 4.90 Å². The first kappa shape index (κ1) is 19.7. The summed E-state index contributed by atoms with van der Waals surface area (Å²) in [6.07, 6.45) is 5.23. The normalized spacial score (nSPS) is 25.3. The van der Waals surface area contributed by atoms with Crippen LogP contribution >= 0.6 is 0 Å². The Morgan fingerprint density at radius 2 is 1.73 bits per heavy atom. The minimum Gasteiger partial charge on any atom is -0.461 e. The summed E-state index contributed by atoms with van der Waals surface area (Å²) in [6, 6.07) is 15.6. The minimum atomic E-state index is -0.817. The van der Waals surface area contributed by atoms with Crippen LogP contribution in [0.1, 0.15) is 38.9 Å². The highest BCUT2D eigenvalue weighted by molar-refractivity contribution is 6.24. The van der Waals surface area contributed by atoms with Crippen molar-refractivity contribution in [3.05, 3.63) is 95.1 Å². The molecule has 2 aromatic carbocycles. The summed E-state index contributed by atoms with van der Waals surface area (Å²) in [7, 11) is 0. The molecule has 0 bridgehead atoms. The Morgan fingerprint density at radius 3 is 2.48 bits per heavy atom. The van der Waals surface area contributed by atoms with Crippen LogP contribution in [0.3, 0.4) is 0 Å². The van der Waals surface area contributed by atoms with Crippen molar-refractivity contribution in [2.24, 2.45) is 11.8 Å². The topological polar surface area (TPSA) is 70.8 Å². The molecule has 4 atom stereocenters. The Morgan fingerprint density at radius 1 is 0.939 bits per heavy atom. The summed E-state index contributed by atoms with van der Waals surface area (Å²) in [5, 5.41) is 0. The van der Waals surface area contributed by atoms with E-state index in [0.717, 1.165) is 22.3 Å². The van der Waals surface area contributed by atoms with Gasteiger partial charge in [0.2, 0.25) is 17.6 Å². The number of aryl methyl sites for hydroxylation is 2. The molecule has 2 fully saturated rings. The number of Topliss-reactive ketones (excluding diaryl/α,β-unsaturated/α-hetero) is 1. The van der Waals surface area contributed by atoms with Crippen LogP contribution < -0.4 is 4.90 Å². The third-order valence-corrected chi connectivity index (χ3v) is 7.09. The van der Waals surface area contributed by atoms with E-state index in [1.54, 1.807) is 12.1 Å². The van der Waals surface area contributed by atoms with Gasteiger partial charge in [-0.25, -0.2) is 4.90 Å². The molecule has 1 aromatic heterocycles. The fourth-order valence-electron chi connectivity index (χ4n) is 5.72. The molecule has 0 unspecified atom stereocenters. The number of anilines is 1. The van der Waals surface area contributed by atoms with E-state index in [9.17, 15) is 14.4 Å². The molecule has 3 aliphatic heterocycles. The van der Waals surface area contributed by atoms with E-state index in [2.05, 4.69) is 0 Å². The lowest BCUT2D eigenvalue weighted by molar-refractivity contribution is -0.123. The van der Waals surface area contributed by atoms with Crippen molar-refractivity contribution >= 4 is 29.4 Å². The highest BCUT2D eigenvalue weighted by Crippen LogP contribution is 2.53.